The van der Waals surface area contributed by atoms with Crippen molar-refractivity contribution in [2.45, 2.75) is 26.0 Å². The van der Waals surface area contributed by atoms with Crippen LogP contribution in [-0.4, -0.2) is 30.0 Å². The number of hydrogen-bond acceptors (Lipinski definition) is 3. The second kappa shape index (κ2) is 7.45. The normalized spacial score (nSPS) is 17.7. The van der Waals surface area contributed by atoms with Crippen LogP contribution in [0.1, 0.15) is 18.9 Å². The van der Waals surface area contributed by atoms with Gasteiger partial charge in [0.15, 0.2) is 0 Å². The van der Waals surface area contributed by atoms with Crippen molar-refractivity contribution in [3.8, 4) is 5.75 Å². The molecule has 1 heterocycles. The standard InChI is InChI=1S/C19H21FN2O2/c1-14(23)21-19-5-3-2-4-15(19)12-22-11-10-18(13-22)24-17-8-6-16(20)7-9-17/h2-9,18H,10-13H2,1H3,(H,21,23)/t18-/m0/s1. The monoisotopic (exact) mass is 328 g/mol. The summed E-state index contributed by atoms with van der Waals surface area (Å²) in [6.07, 6.45) is 1.03. The number of benzene rings is 2. The topological polar surface area (TPSA) is 41.6 Å². The predicted molar refractivity (Wildman–Crippen MR) is 91.5 cm³/mol. The zero-order valence-electron chi connectivity index (χ0n) is 13.7. The number of anilines is 1. The second-order valence-electron chi connectivity index (χ2n) is 6.06. The van der Waals surface area contributed by atoms with E-state index >= 15 is 0 Å². The molecule has 1 aliphatic heterocycles. The number of halogens is 1. The molecular formula is C19H21FN2O2. The van der Waals surface area contributed by atoms with E-state index in [-0.39, 0.29) is 17.8 Å². The molecule has 0 spiro atoms. The zero-order valence-corrected chi connectivity index (χ0v) is 13.7. The van der Waals surface area contributed by atoms with E-state index in [2.05, 4.69) is 10.2 Å². The van der Waals surface area contributed by atoms with Crippen LogP contribution < -0.4 is 10.1 Å². The number of ether oxygens (including phenoxy) is 1. The van der Waals surface area contributed by atoms with E-state index in [0.29, 0.717) is 5.75 Å². The zero-order chi connectivity index (χ0) is 16.9. The maximum absolute atomic E-state index is 12.9. The lowest BCUT2D eigenvalue weighted by atomic mass is 10.1. The maximum Gasteiger partial charge on any atom is 0.221 e. The van der Waals surface area contributed by atoms with Crippen molar-refractivity contribution >= 4 is 11.6 Å². The van der Waals surface area contributed by atoms with Crippen LogP contribution >= 0.6 is 0 Å². The largest absolute Gasteiger partial charge is 0.489 e. The van der Waals surface area contributed by atoms with Crippen LogP contribution in [0.2, 0.25) is 0 Å². The van der Waals surface area contributed by atoms with Crippen molar-refractivity contribution in [2.24, 2.45) is 0 Å². The van der Waals surface area contributed by atoms with Gasteiger partial charge in [-0.3, -0.25) is 9.69 Å². The fraction of sp³-hybridized carbons (Fsp3) is 0.316. The minimum Gasteiger partial charge on any atom is -0.489 e. The summed E-state index contributed by atoms with van der Waals surface area (Å²) in [6, 6.07) is 14.0. The summed E-state index contributed by atoms with van der Waals surface area (Å²) in [6.45, 7) is 4.02. The van der Waals surface area contributed by atoms with Gasteiger partial charge in [-0.2, -0.15) is 0 Å². The Kier molecular flexibility index (Phi) is 5.11. The number of para-hydroxylation sites is 1. The van der Waals surface area contributed by atoms with E-state index in [0.717, 1.165) is 37.3 Å². The molecule has 1 fully saturated rings. The quantitative estimate of drug-likeness (QED) is 0.914. The summed E-state index contributed by atoms with van der Waals surface area (Å²) in [5, 5.41) is 2.87. The summed E-state index contributed by atoms with van der Waals surface area (Å²) in [5.74, 6) is 0.369. The van der Waals surface area contributed by atoms with Crippen LogP contribution in [0.15, 0.2) is 48.5 Å². The Labute approximate surface area is 141 Å². The molecule has 1 saturated heterocycles. The van der Waals surface area contributed by atoms with Gasteiger partial charge in [-0.25, -0.2) is 4.39 Å². The Hall–Kier alpha value is -2.40. The third-order valence-corrected chi connectivity index (χ3v) is 4.07. The van der Waals surface area contributed by atoms with Crippen molar-refractivity contribution in [1.29, 1.82) is 0 Å². The van der Waals surface area contributed by atoms with Crippen LogP contribution in [0.3, 0.4) is 0 Å². The van der Waals surface area contributed by atoms with Gasteiger partial charge in [0.1, 0.15) is 17.7 Å². The van der Waals surface area contributed by atoms with Crippen LogP contribution in [0.5, 0.6) is 5.75 Å². The minimum atomic E-state index is -0.259. The average Bonchev–Trinajstić information content (AvgIpc) is 2.98. The number of carbonyl (C=O) groups is 1. The fourth-order valence-electron chi connectivity index (χ4n) is 2.95. The predicted octanol–water partition coefficient (Wildman–Crippen LogP) is 3.44. The highest BCUT2D eigenvalue weighted by atomic mass is 19.1. The lowest BCUT2D eigenvalue weighted by Gasteiger charge is -2.19. The van der Waals surface area contributed by atoms with Crippen LogP contribution in [0.25, 0.3) is 0 Å². The summed E-state index contributed by atoms with van der Waals surface area (Å²) in [4.78, 5) is 13.6. The highest BCUT2D eigenvalue weighted by molar-refractivity contribution is 5.89. The molecule has 1 N–H and O–H groups in total. The van der Waals surface area contributed by atoms with Gasteiger partial charge in [0.2, 0.25) is 5.91 Å². The number of likely N-dealkylation sites (tertiary alicyclic amines) is 1. The van der Waals surface area contributed by atoms with Crippen molar-refractivity contribution < 1.29 is 13.9 Å². The number of amides is 1. The molecule has 126 valence electrons. The molecular weight excluding hydrogens is 307 g/mol. The molecule has 2 aromatic carbocycles. The highest BCUT2D eigenvalue weighted by Gasteiger charge is 2.24. The molecule has 4 nitrogen and oxygen atoms in total. The lowest BCUT2D eigenvalue weighted by Crippen LogP contribution is -2.25. The van der Waals surface area contributed by atoms with Gasteiger partial charge in [-0.05, 0) is 42.3 Å². The third-order valence-electron chi connectivity index (χ3n) is 4.07. The van der Waals surface area contributed by atoms with Crippen molar-refractivity contribution in [1.82, 2.24) is 4.90 Å². The van der Waals surface area contributed by atoms with Gasteiger partial charge in [-0.1, -0.05) is 18.2 Å². The number of nitrogens with one attached hydrogen (secondary N) is 1. The smallest absolute Gasteiger partial charge is 0.221 e. The minimum absolute atomic E-state index is 0.0682. The molecule has 0 unspecified atom stereocenters. The second-order valence-corrected chi connectivity index (χ2v) is 6.06. The first kappa shape index (κ1) is 16.5. The average molecular weight is 328 g/mol. The molecule has 0 aromatic heterocycles. The molecule has 0 aliphatic carbocycles. The number of rotatable bonds is 5. The Morgan fingerprint density at radius 2 is 2.00 bits per heavy atom. The highest BCUT2D eigenvalue weighted by Crippen LogP contribution is 2.23. The third kappa shape index (κ3) is 4.32. The molecule has 24 heavy (non-hydrogen) atoms. The maximum atomic E-state index is 12.9. The summed E-state index contributed by atoms with van der Waals surface area (Å²) in [7, 11) is 0. The Bertz CT molecular complexity index is 703. The van der Waals surface area contributed by atoms with Gasteiger partial charge in [-0.15, -0.1) is 0 Å². The Balaban J connectivity index is 1.58. The summed E-state index contributed by atoms with van der Waals surface area (Å²) >= 11 is 0. The van der Waals surface area contributed by atoms with Gasteiger partial charge >= 0.3 is 0 Å². The molecule has 3 rings (SSSR count). The van der Waals surface area contributed by atoms with Crippen molar-refractivity contribution in [3.63, 3.8) is 0 Å². The van der Waals surface area contributed by atoms with E-state index in [1.54, 1.807) is 12.1 Å². The van der Waals surface area contributed by atoms with E-state index < -0.39 is 0 Å². The van der Waals surface area contributed by atoms with Gasteiger partial charge in [0.25, 0.3) is 0 Å². The van der Waals surface area contributed by atoms with Crippen LogP contribution in [0.4, 0.5) is 10.1 Å². The number of nitrogens with zero attached hydrogens (tertiary/aromatic N) is 1. The van der Waals surface area contributed by atoms with Gasteiger partial charge in [0.05, 0.1) is 0 Å². The molecule has 1 atom stereocenters. The first-order valence-electron chi connectivity index (χ1n) is 8.10. The first-order chi connectivity index (χ1) is 11.6. The molecule has 2 aromatic rings. The van der Waals surface area contributed by atoms with Gasteiger partial charge < -0.3 is 10.1 Å². The van der Waals surface area contributed by atoms with E-state index in [9.17, 15) is 9.18 Å². The fourth-order valence-corrected chi connectivity index (χ4v) is 2.95. The molecule has 1 amide bonds. The number of hydrogen-bond donors (Lipinski definition) is 1. The SMILES string of the molecule is CC(=O)Nc1ccccc1CN1CC[C@H](Oc2ccc(F)cc2)C1. The molecule has 1 aliphatic rings. The van der Waals surface area contributed by atoms with Crippen LogP contribution in [-0.2, 0) is 11.3 Å². The Morgan fingerprint density at radius 3 is 2.75 bits per heavy atom. The van der Waals surface area contributed by atoms with E-state index in [4.69, 9.17) is 4.74 Å². The molecule has 5 heteroatoms. The summed E-state index contributed by atoms with van der Waals surface area (Å²) in [5.41, 5.74) is 1.95. The Morgan fingerprint density at radius 1 is 1.25 bits per heavy atom. The first-order valence-corrected chi connectivity index (χ1v) is 8.10. The van der Waals surface area contributed by atoms with Gasteiger partial charge in [0, 0.05) is 32.2 Å². The summed E-state index contributed by atoms with van der Waals surface area (Å²) < 4.78 is 18.9. The lowest BCUT2D eigenvalue weighted by molar-refractivity contribution is -0.114. The van der Waals surface area contributed by atoms with E-state index in [1.807, 2.05) is 24.3 Å². The van der Waals surface area contributed by atoms with E-state index in [1.165, 1.54) is 19.1 Å². The van der Waals surface area contributed by atoms with Crippen molar-refractivity contribution in [3.05, 3.63) is 59.9 Å². The molecule has 0 saturated carbocycles. The van der Waals surface area contributed by atoms with Crippen LogP contribution in [0, 0.1) is 5.82 Å². The molecule has 0 bridgehead atoms. The number of carbonyl (C=O) groups excluding carboxylic acids is 1. The molecule has 0 radical (unpaired) electrons. The van der Waals surface area contributed by atoms with Crippen molar-refractivity contribution in [2.75, 3.05) is 18.4 Å².